The molecule has 1 aromatic heterocycles. The zero-order valence-electron chi connectivity index (χ0n) is 9.79. The Morgan fingerprint density at radius 3 is 2.94 bits per heavy atom. The number of aromatic nitrogens is 3. The van der Waals surface area contributed by atoms with E-state index in [9.17, 15) is 4.79 Å². The Labute approximate surface area is 98.4 Å². The van der Waals surface area contributed by atoms with Gasteiger partial charge in [-0.15, -0.1) is 5.10 Å². The molecule has 0 radical (unpaired) electrons. The van der Waals surface area contributed by atoms with E-state index in [1.807, 2.05) is 25.1 Å². The maximum absolute atomic E-state index is 10.6. The van der Waals surface area contributed by atoms with Crippen LogP contribution in [-0.4, -0.2) is 39.7 Å². The molecule has 0 amide bonds. The van der Waals surface area contributed by atoms with Crippen LogP contribution in [-0.2, 0) is 11.3 Å². The number of carboxylic acid groups (broad SMARTS) is 1. The number of rotatable bonds is 4. The standard InChI is InChI=1S/C11H14N4O2/c1-3-15-10-5-4-8(6-9(10)12-13-15)14(2)7-11(16)17/h4-6H,3,7H2,1-2H3,(H,16,17). The first-order valence-electron chi connectivity index (χ1n) is 5.38. The number of fused-ring (bicyclic) bond motifs is 1. The van der Waals surface area contributed by atoms with E-state index < -0.39 is 5.97 Å². The van der Waals surface area contributed by atoms with Crippen LogP contribution in [0.3, 0.4) is 0 Å². The summed E-state index contributed by atoms with van der Waals surface area (Å²) in [5.41, 5.74) is 2.56. The minimum atomic E-state index is -0.857. The first-order chi connectivity index (χ1) is 8.11. The van der Waals surface area contributed by atoms with Crippen LogP contribution in [0.5, 0.6) is 0 Å². The third-order valence-corrected chi connectivity index (χ3v) is 2.61. The van der Waals surface area contributed by atoms with Gasteiger partial charge in [-0.2, -0.15) is 0 Å². The van der Waals surface area contributed by atoms with Crippen molar-refractivity contribution >= 4 is 22.7 Å². The summed E-state index contributed by atoms with van der Waals surface area (Å²) in [7, 11) is 1.74. The van der Waals surface area contributed by atoms with Gasteiger partial charge in [-0.1, -0.05) is 5.21 Å². The highest BCUT2D eigenvalue weighted by Crippen LogP contribution is 2.19. The Kier molecular flexibility index (Phi) is 2.95. The summed E-state index contributed by atoms with van der Waals surface area (Å²) in [6.07, 6.45) is 0. The molecular weight excluding hydrogens is 220 g/mol. The SMILES string of the molecule is CCn1nnc2cc(N(C)CC(=O)O)ccc21. The van der Waals surface area contributed by atoms with Crippen LogP contribution in [0.4, 0.5) is 5.69 Å². The molecule has 90 valence electrons. The van der Waals surface area contributed by atoms with Gasteiger partial charge in [-0.05, 0) is 25.1 Å². The molecule has 6 nitrogen and oxygen atoms in total. The van der Waals surface area contributed by atoms with Gasteiger partial charge in [0, 0.05) is 19.3 Å². The summed E-state index contributed by atoms with van der Waals surface area (Å²) >= 11 is 0. The maximum atomic E-state index is 10.6. The lowest BCUT2D eigenvalue weighted by Gasteiger charge is -2.16. The van der Waals surface area contributed by atoms with Crippen molar-refractivity contribution in [2.75, 3.05) is 18.5 Å². The quantitative estimate of drug-likeness (QED) is 0.853. The van der Waals surface area contributed by atoms with Crippen molar-refractivity contribution in [2.24, 2.45) is 0 Å². The van der Waals surface area contributed by atoms with E-state index in [0.717, 1.165) is 23.3 Å². The number of hydrogen-bond acceptors (Lipinski definition) is 4. The molecule has 2 aromatic rings. The molecule has 1 aromatic carbocycles. The van der Waals surface area contributed by atoms with E-state index in [2.05, 4.69) is 10.3 Å². The number of hydrogen-bond donors (Lipinski definition) is 1. The molecule has 1 N–H and O–H groups in total. The number of benzene rings is 1. The van der Waals surface area contributed by atoms with Gasteiger partial charge in [0.1, 0.15) is 12.1 Å². The lowest BCUT2D eigenvalue weighted by Crippen LogP contribution is -2.24. The zero-order valence-corrected chi connectivity index (χ0v) is 9.79. The Morgan fingerprint density at radius 1 is 1.53 bits per heavy atom. The molecule has 17 heavy (non-hydrogen) atoms. The second-order valence-corrected chi connectivity index (χ2v) is 3.83. The summed E-state index contributed by atoms with van der Waals surface area (Å²) in [6, 6.07) is 5.63. The van der Waals surface area contributed by atoms with Gasteiger partial charge < -0.3 is 10.0 Å². The summed E-state index contributed by atoms with van der Waals surface area (Å²) in [4.78, 5) is 12.3. The highest BCUT2D eigenvalue weighted by molar-refractivity contribution is 5.80. The van der Waals surface area contributed by atoms with Crippen molar-refractivity contribution in [3.63, 3.8) is 0 Å². The molecule has 0 unspecified atom stereocenters. The van der Waals surface area contributed by atoms with Crippen molar-refractivity contribution in [2.45, 2.75) is 13.5 Å². The normalized spacial score (nSPS) is 10.7. The van der Waals surface area contributed by atoms with Crippen LogP contribution >= 0.6 is 0 Å². The Bertz CT molecular complexity index is 549. The van der Waals surface area contributed by atoms with Gasteiger partial charge >= 0.3 is 5.97 Å². The maximum Gasteiger partial charge on any atom is 0.323 e. The summed E-state index contributed by atoms with van der Waals surface area (Å²) in [5, 5.41) is 16.8. The van der Waals surface area contributed by atoms with Crippen LogP contribution in [0.1, 0.15) is 6.92 Å². The van der Waals surface area contributed by atoms with Gasteiger partial charge in [0.15, 0.2) is 0 Å². The van der Waals surface area contributed by atoms with Gasteiger partial charge in [0.25, 0.3) is 0 Å². The molecule has 0 spiro atoms. The summed E-state index contributed by atoms with van der Waals surface area (Å²) in [6.45, 7) is 2.73. The third kappa shape index (κ3) is 2.20. The molecule has 0 aliphatic carbocycles. The van der Waals surface area contributed by atoms with Gasteiger partial charge in [-0.3, -0.25) is 4.79 Å². The molecule has 0 fully saturated rings. The fraction of sp³-hybridized carbons (Fsp3) is 0.364. The molecule has 0 saturated heterocycles. The predicted octanol–water partition coefficient (Wildman–Crippen LogP) is 0.972. The minimum Gasteiger partial charge on any atom is -0.480 e. The summed E-state index contributed by atoms with van der Waals surface area (Å²) in [5.74, 6) is -0.857. The Hall–Kier alpha value is -2.11. The van der Waals surface area contributed by atoms with Crippen LogP contribution in [0.15, 0.2) is 18.2 Å². The topological polar surface area (TPSA) is 71.2 Å². The van der Waals surface area contributed by atoms with Crippen molar-refractivity contribution in [1.82, 2.24) is 15.0 Å². The third-order valence-electron chi connectivity index (χ3n) is 2.61. The van der Waals surface area contributed by atoms with Crippen LogP contribution in [0.25, 0.3) is 11.0 Å². The fourth-order valence-electron chi connectivity index (χ4n) is 1.73. The lowest BCUT2D eigenvalue weighted by atomic mass is 10.2. The lowest BCUT2D eigenvalue weighted by molar-refractivity contribution is -0.135. The van der Waals surface area contributed by atoms with Crippen molar-refractivity contribution in [3.8, 4) is 0 Å². The zero-order chi connectivity index (χ0) is 12.4. The monoisotopic (exact) mass is 234 g/mol. The second-order valence-electron chi connectivity index (χ2n) is 3.83. The average Bonchev–Trinajstić information content (AvgIpc) is 2.69. The number of carbonyl (C=O) groups is 1. The first kappa shape index (κ1) is 11.4. The number of carboxylic acids is 1. The number of aryl methyl sites for hydroxylation is 1. The highest BCUT2D eigenvalue weighted by atomic mass is 16.4. The number of likely N-dealkylation sites (N-methyl/N-ethyl adjacent to an activating group) is 1. The van der Waals surface area contributed by atoms with Crippen LogP contribution in [0, 0.1) is 0 Å². The van der Waals surface area contributed by atoms with Crippen molar-refractivity contribution < 1.29 is 9.90 Å². The first-order valence-corrected chi connectivity index (χ1v) is 5.38. The number of anilines is 1. The van der Waals surface area contributed by atoms with E-state index in [1.165, 1.54) is 0 Å². The Morgan fingerprint density at radius 2 is 2.29 bits per heavy atom. The predicted molar refractivity (Wildman–Crippen MR) is 64.1 cm³/mol. The van der Waals surface area contributed by atoms with Gasteiger partial charge in [-0.25, -0.2) is 4.68 Å². The highest BCUT2D eigenvalue weighted by Gasteiger charge is 2.08. The van der Waals surface area contributed by atoms with Crippen LogP contribution in [0.2, 0.25) is 0 Å². The molecule has 0 saturated carbocycles. The largest absolute Gasteiger partial charge is 0.480 e. The molecule has 0 aliphatic rings. The summed E-state index contributed by atoms with van der Waals surface area (Å²) < 4.78 is 1.80. The molecule has 6 heteroatoms. The van der Waals surface area contributed by atoms with Crippen molar-refractivity contribution in [3.05, 3.63) is 18.2 Å². The smallest absolute Gasteiger partial charge is 0.323 e. The van der Waals surface area contributed by atoms with Crippen LogP contribution < -0.4 is 4.90 Å². The molecule has 0 bridgehead atoms. The molecule has 0 aliphatic heterocycles. The molecule has 1 heterocycles. The van der Waals surface area contributed by atoms with Gasteiger partial charge in [0.05, 0.1) is 5.52 Å². The van der Waals surface area contributed by atoms with E-state index >= 15 is 0 Å². The van der Waals surface area contributed by atoms with Crippen molar-refractivity contribution in [1.29, 1.82) is 0 Å². The van der Waals surface area contributed by atoms with E-state index in [0.29, 0.717) is 0 Å². The number of nitrogens with zero attached hydrogens (tertiary/aromatic N) is 4. The molecule has 0 atom stereocenters. The van der Waals surface area contributed by atoms with E-state index in [1.54, 1.807) is 16.6 Å². The molecule has 2 rings (SSSR count). The van der Waals surface area contributed by atoms with E-state index in [4.69, 9.17) is 5.11 Å². The molecular formula is C11H14N4O2. The number of aliphatic carboxylic acids is 1. The fourth-order valence-corrected chi connectivity index (χ4v) is 1.73. The second kappa shape index (κ2) is 4.40. The minimum absolute atomic E-state index is 0.0343. The Balaban J connectivity index is 2.35. The average molecular weight is 234 g/mol. The van der Waals surface area contributed by atoms with E-state index in [-0.39, 0.29) is 6.54 Å². The van der Waals surface area contributed by atoms with Gasteiger partial charge in [0.2, 0.25) is 0 Å².